The number of aliphatic hydroxyl groups excluding tert-OH is 1. The number of aromatic nitrogens is 1. The first kappa shape index (κ1) is 11.2. The molecule has 2 aromatic rings. The third kappa shape index (κ3) is 2.62. The molecule has 16 heavy (non-hydrogen) atoms. The zero-order chi connectivity index (χ0) is 11.2. The van der Waals surface area contributed by atoms with Crippen molar-refractivity contribution in [2.75, 3.05) is 13.2 Å². The van der Waals surface area contributed by atoms with Crippen LogP contribution in [0.1, 0.15) is 18.4 Å². The number of hydrogen-bond acceptors (Lipinski definition) is 2. The van der Waals surface area contributed by atoms with Crippen LogP contribution in [-0.2, 0) is 6.54 Å². The van der Waals surface area contributed by atoms with Crippen LogP contribution >= 0.6 is 0 Å². The van der Waals surface area contributed by atoms with Crippen LogP contribution in [0.2, 0.25) is 0 Å². The maximum atomic E-state index is 8.66. The van der Waals surface area contributed by atoms with Crippen molar-refractivity contribution < 1.29 is 5.11 Å². The maximum Gasteiger partial charge on any atom is 0.0457 e. The van der Waals surface area contributed by atoms with E-state index in [0.717, 1.165) is 25.9 Å². The van der Waals surface area contributed by atoms with Gasteiger partial charge in [0.05, 0.1) is 0 Å². The number of hydrogen-bond donors (Lipinski definition) is 3. The second kappa shape index (κ2) is 5.68. The lowest BCUT2D eigenvalue weighted by atomic mass is 10.2. The summed E-state index contributed by atoms with van der Waals surface area (Å²) >= 11 is 0. The van der Waals surface area contributed by atoms with Crippen molar-refractivity contribution in [2.45, 2.75) is 19.4 Å². The second-order valence-electron chi connectivity index (χ2n) is 3.97. The van der Waals surface area contributed by atoms with Crippen molar-refractivity contribution in [3.05, 3.63) is 36.0 Å². The van der Waals surface area contributed by atoms with Gasteiger partial charge in [-0.05, 0) is 31.0 Å². The number of aromatic amines is 1. The maximum absolute atomic E-state index is 8.66. The van der Waals surface area contributed by atoms with E-state index in [9.17, 15) is 0 Å². The number of rotatable bonds is 6. The molecule has 1 aromatic heterocycles. The van der Waals surface area contributed by atoms with Crippen molar-refractivity contribution in [3.8, 4) is 0 Å². The lowest BCUT2D eigenvalue weighted by Gasteiger charge is -2.02. The molecule has 2 rings (SSSR count). The van der Waals surface area contributed by atoms with E-state index >= 15 is 0 Å². The van der Waals surface area contributed by atoms with E-state index in [-0.39, 0.29) is 6.61 Å². The Hall–Kier alpha value is -1.32. The van der Waals surface area contributed by atoms with Crippen LogP contribution in [0.15, 0.2) is 30.5 Å². The van der Waals surface area contributed by atoms with E-state index in [0.29, 0.717) is 0 Å². The van der Waals surface area contributed by atoms with Crippen molar-refractivity contribution in [2.24, 2.45) is 0 Å². The molecular formula is C13H18N2O. The van der Waals surface area contributed by atoms with Crippen LogP contribution in [-0.4, -0.2) is 23.2 Å². The molecule has 86 valence electrons. The number of unbranched alkanes of at least 4 members (excludes halogenated alkanes) is 1. The highest BCUT2D eigenvalue weighted by atomic mass is 16.2. The Labute approximate surface area is 95.5 Å². The summed E-state index contributed by atoms with van der Waals surface area (Å²) in [6.45, 7) is 2.13. The molecule has 0 unspecified atom stereocenters. The summed E-state index contributed by atoms with van der Waals surface area (Å²) in [5.74, 6) is 0. The third-order valence-electron chi connectivity index (χ3n) is 2.75. The van der Waals surface area contributed by atoms with Gasteiger partial charge in [0.1, 0.15) is 0 Å². The van der Waals surface area contributed by atoms with E-state index in [1.165, 1.54) is 16.5 Å². The summed E-state index contributed by atoms with van der Waals surface area (Å²) < 4.78 is 0. The van der Waals surface area contributed by atoms with Crippen molar-refractivity contribution in [1.82, 2.24) is 10.3 Å². The van der Waals surface area contributed by atoms with E-state index < -0.39 is 0 Å². The molecule has 3 N–H and O–H groups in total. The number of aliphatic hydroxyl groups is 1. The Morgan fingerprint density at radius 1 is 1.19 bits per heavy atom. The quantitative estimate of drug-likeness (QED) is 0.650. The fourth-order valence-corrected chi connectivity index (χ4v) is 1.86. The molecule has 0 spiro atoms. The zero-order valence-corrected chi connectivity index (χ0v) is 9.37. The van der Waals surface area contributed by atoms with Gasteiger partial charge < -0.3 is 15.4 Å². The van der Waals surface area contributed by atoms with Gasteiger partial charge in [0.25, 0.3) is 0 Å². The van der Waals surface area contributed by atoms with E-state index in [2.05, 4.69) is 34.7 Å². The van der Waals surface area contributed by atoms with Gasteiger partial charge in [-0.2, -0.15) is 0 Å². The molecule has 1 aromatic carbocycles. The molecule has 3 nitrogen and oxygen atoms in total. The third-order valence-corrected chi connectivity index (χ3v) is 2.75. The fraction of sp³-hybridized carbons (Fsp3) is 0.385. The largest absolute Gasteiger partial charge is 0.396 e. The first-order valence-corrected chi connectivity index (χ1v) is 5.78. The highest BCUT2D eigenvalue weighted by Crippen LogP contribution is 2.17. The monoisotopic (exact) mass is 218 g/mol. The van der Waals surface area contributed by atoms with Crippen LogP contribution in [0.4, 0.5) is 0 Å². The number of para-hydroxylation sites is 1. The summed E-state index contributed by atoms with van der Waals surface area (Å²) in [5.41, 5.74) is 2.49. The van der Waals surface area contributed by atoms with Gasteiger partial charge in [-0.15, -0.1) is 0 Å². The highest BCUT2D eigenvalue weighted by Gasteiger charge is 2.01. The lowest BCUT2D eigenvalue weighted by molar-refractivity contribution is 0.283. The molecule has 0 atom stereocenters. The smallest absolute Gasteiger partial charge is 0.0457 e. The molecule has 0 aliphatic rings. The van der Waals surface area contributed by atoms with E-state index in [1.54, 1.807) is 0 Å². The lowest BCUT2D eigenvalue weighted by Crippen LogP contribution is -2.14. The van der Waals surface area contributed by atoms with Gasteiger partial charge in [-0.25, -0.2) is 0 Å². The molecule has 0 aliphatic heterocycles. The van der Waals surface area contributed by atoms with Gasteiger partial charge in [0.2, 0.25) is 0 Å². The minimum absolute atomic E-state index is 0.286. The zero-order valence-electron chi connectivity index (χ0n) is 9.37. The minimum atomic E-state index is 0.286. The average Bonchev–Trinajstić information content (AvgIpc) is 2.73. The molecule has 3 heteroatoms. The van der Waals surface area contributed by atoms with Crippen LogP contribution in [0, 0.1) is 0 Å². The normalized spacial score (nSPS) is 11.1. The number of benzene rings is 1. The summed E-state index contributed by atoms with van der Waals surface area (Å²) in [6, 6.07) is 8.32. The Balaban J connectivity index is 1.89. The van der Waals surface area contributed by atoms with E-state index in [1.807, 2.05) is 6.07 Å². The number of H-pyrrole nitrogens is 1. The highest BCUT2D eigenvalue weighted by molar-refractivity contribution is 5.82. The summed E-state index contributed by atoms with van der Waals surface area (Å²) in [5, 5.41) is 13.3. The topological polar surface area (TPSA) is 48.0 Å². The summed E-state index contributed by atoms with van der Waals surface area (Å²) in [7, 11) is 0. The summed E-state index contributed by atoms with van der Waals surface area (Å²) in [4.78, 5) is 3.26. The fourth-order valence-electron chi connectivity index (χ4n) is 1.86. The molecule has 0 fully saturated rings. The molecule has 0 saturated carbocycles. The van der Waals surface area contributed by atoms with Gasteiger partial charge in [-0.3, -0.25) is 0 Å². The van der Waals surface area contributed by atoms with Gasteiger partial charge in [0, 0.05) is 30.3 Å². The Kier molecular flexibility index (Phi) is 3.97. The Morgan fingerprint density at radius 2 is 2.06 bits per heavy atom. The predicted octanol–water partition coefficient (Wildman–Crippen LogP) is 2.03. The molecule has 0 radical (unpaired) electrons. The minimum Gasteiger partial charge on any atom is -0.396 e. The summed E-state index contributed by atoms with van der Waals surface area (Å²) in [6.07, 6.45) is 3.96. The molecule has 0 saturated heterocycles. The molecule has 0 amide bonds. The van der Waals surface area contributed by atoms with Gasteiger partial charge >= 0.3 is 0 Å². The van der Waals surface area contributed by atoms with Crippen molar-refractivity contribution in [3.63, 3.8) is 0 Å². The number of fused-ring (bicyclic) bond motifs is 1. The molecule has 0 aliphatic carbocycles. The molecule has 1 heterocycles. The van der Waals surface area contributed by atoms with Gasteiger partial charge in [-0.1, -0.05) is 18.2 Å². The van der Waals surface area contributed by atoms with Crippen molar-refractivity contribution >= 4 is 10.9 Å². The Bertz CT molecular complexity index is 436. The van der Waals surface area contributed by atoms with Crippen LogP contribution < -0.4 is 5.32 Å². The van der Waals surface area contributed by atoms with Crippen LogP contribution in [0.25, 0.3) is 10.9 Å². The standard InChI is InChI=1S/C13H18N2O/c16-8-4-3-7-14-9-11-10-15-13-6-2-1-5-12(11)13/h1-2,5-6,10,14-16H,3-4,7-9H2. The first-order valence-electron chi connectivity index (χ1n) is 5.78. The number of nitrogens with one attached hydrogen (secondary N) is 2. The van der Waals surface area contributed by atoms with Gasteiger partial charge in [0.15, 0.2) is 0 Å². The average molecular weight is 218 g/mol. The second-order valence-corrected chi connectivity index (χ2v) is 3.97. The first-order chi connectivity index (χ1) is 7.92. The van der Waals surface area contributed by atoms with Crippen molar-refractivity contribution in [1.29, 1.82) is 0 Å². The predicted molar refractivity (Wildman–Crippen MR) is 66.3 cm³/mol. The van der Waals surface area contributed by atoms with E-state index in [4.69, 9.17) is 5.11 Å². The van der Waals surface area contributed by atoms with Crippen LogP contribution in [0.5, 0.6) is 0 Å². The Morgan fingerprint density at radius 3 is 2.94 bits per heavy atom. The molecule has 0 bridgehead atoms. The molecular weight excluding hydrogens is 200 g/mol. The SMILES string of the molecule is OCCCCNCc1c[nH]c2ccccc12. The van der Waals surface area contributed by atoms with Crippen LogP contribution in [0.3, 0.4) is 0 Å².